The second-order valence-electron chi connectivity index (χ2n) is 6.94. The summed E-state index contributed by atoms with van der Waals surface area (Å²) in [5, 5.41) is 2.10. The van der Waals surface area contributed by atoms with Gasteiger partial charge in [0.05, 0.1) is 7.11 Å². The second kappa shape index (κ2) is 7.61. The Bertz CT molecular complexity index is 752. The fourth-order valence-electron chi connectivity index (χ4n) is 4.15. The number of fused-ring (bicyclic) bond motifs is 1. The second-order valence-corrected chi connectivity index (χ2v) is 7.97. The molecule has 0 aliphatic carbocycles. The number of ether oxygens (including phenoxy) is 1. The minimum atomic E-state index is 0.319. The van der Waals surface area contributed by atoms with E-state index in [-0.39, 0.29) is 0 Å². The summed E-state index contributed by atoms with van der Waals surface area (Å²) in [6, 6.07) is 6.48. The highest BCUT2D eigenvalue weighted by Gasteiger charge is 2.39. The average molecular weight is 372 g/mol. The molecule has 2 atom stereocenters. The first-order valence-electron chi connectivity index (χ1n) is 9.17. The minimum absolute atomic E-state index is 0.319. The molecule has 2 saturated heterocycles. The molecule has 6 nitrogen and oxygen atoms in total. The first-order valence-corrected chi connectivity index (χ1v) is 10.1. The summed E-state index contributed by atoms with van der Waals surface area (Å²) in [6.45, 7) is 2.68. The van der Waals surface area contributed by atoms with Crippen molar-refractivity contribution in [3.8, 4) is 5.88 Å². The summed E-state index contributed by atoms with van der Waals surface area (Å²) in [5.74, 6) is 2.33. The molecular formula is C19H24N4O2S. The van der Waals surface area contributed by atoms with Crippen LogP contribution in [-0.2, 0) is 11.2 Å². The molecule has 4 heterocycles. The van der Waals surface area contributed by atoms with Crippen molar-refractivity contribution in [1.29, 1.82) is 0 Å². The normalized spacial score (nSPS) is 23.0. The fraction of sp³-hybridized carbons (Fsp3) is 0.526. The Labute approximate surface area is 157 Å². The van der Waals surface area contributed by atoms with Crippen LogP contribution in [0.5, 0.6) is 5.88 Å². The molecule has 0 bridgehead atoms. The number of aromatic nitrogens is 2. The lowest BCUT2D eigenvalue weighted by Crippen LogP contribution is -2.56. The third kappa shape index (κ3) is 3.53. The molecule has 0 unspecified atom stereocenters. The minimum Gasteiger partial charge on any atom is -0.481 e. The maximum Gasteiger partial charge on any atom is 0.222 e. The third-order valence-corrected chi connectivity index (χ3v) is 6.42. The number of methoxy groups -OCH3 is 1. The monoisotopic (exact) mass is 372 g/mol. The van der Waals surface area contributed by atoms with Crippen molar-refractivity contribution in [3.05, 3.63) is 34.8 Å². The highest BCUT2D eigenvalue weighted by molar-refractivity contribution is 7.09. The molecule has 2 aromatic rings. The van der Waals surface area contributed by atoms with Gasteiger partial charge in [-0.05, 0) is 36.6 Å². The summed E-state index contributed by atoms with van der Waals surface area (Å²) < 4.78 is 5.22. The Morgan fingerprint density at radius 1 is 1.35 bits per heavy atom. The van der Waals surface area contributed by atoms with E-state index in [4.69, 9.17) is 4.74 Å². The summed E-state index contributed by atoms with van der Waals surface area (Å²) in [6.07, 6.45) is 5.13. The molecule has 2 fully saturated rings. The van der Waals surface area contributed by atoms with E-state index in [0.717, 1.165) is 44.7 Å². The standard InChI is InChI=1S/C19H24N4O2S/c1-25-18-11-17(20-13-21-18)22-8-7-16-14(12-22)4-5-19(24)23(16)9-6-15-3-2-10-26-15/h2-3,10-11,13-14,16H,4-9,12H2,1H3/t14-,16+/m0/s1. The van der Waals surface area contributed by atoms with E-state index in [1.165, 1.54) is 4.88 Å². The molecule has 1 amide bonds. The fourth-order valence-corrected chi connectivity index (χ4v) is 4.85. The van der Waals surface area contributed by atoms with Crippen molar-refractivity contribution in [2.45, 2.75) is 31.7 Å². The van der Waals surface area contributed by atoms with E-state index in [0.29, 0.717) is 30.2 Å². The largest absolute Gasteiger partial charge is 0.481 e. The lowest BCUT2D eigenvalue weighted by atomic mass is 9.83. The maximum atomic E-state index is 12.5. The SMILES string of the molecule is COc1cc(N2CC[C@@H]3[C@@H](CCC(=O)N3CCc3cccs3)C2)ncn1. The van der Waals surface area contributed by atoms with E-state index >= 15 is 0 Å². The number of amides is 1. The third-order valence-electron chi connectivity index (χ3n) is 5.48. The van der Waals surface area contributed by atoms with Crippen LogP contribution in [0.3, 0.4) is 0 Å². The van der Waals surface area contributed by atoms with Gasteiger partial charge in [-0.1, -0.05) is 6.07 Å². The van der Waals surface area contributed by atoms with Crippen molar-refractivity contribution < 1.29 is 9.53 Å². The van der Waals surface area contributed by atoms with E-state index in [9.17, 15) is 4.79 Å². The summed E-state index contributed by atoms with van der Waals surface area (Å²) in [4.78, 5) is 26.8. The number of rotatable bonds is 5. The Morgan fingerprint density at radius 3 is 3.08 bits per heavy atom. The number of thiophene rings is 1. The Hall–Kier alpha value is -2.15. The van der Waals surface area contributed by atoms with Gasteiger partial charge in [-0.15, -0.1) is 11.3 Å². The molecule has 2 aliphatic rings. The van der Waals surface area contributed by atoms with Crippen LogP contribution in [0.4, 0.5) is 5.82 Å². The average Bonchev–Trinajstić information content (AvgIpc) is 3.20. The quantitative estimate of drug-likeness (QED) is 0.807. The molecular weight excluding hydrogens is 348 g/mol. The number of anilines is 1. The molecule has 138 valence electrons. The van der Waals surface area contributed by atoms with Gasteiger partial charge in [0.15, 0.2) is 0 Å². The molecule has 0 spiro atoms. The molecule has 0 aromatic carbocycles. The zero-order chi connectivity index (χ0) is 17.9. The molecule has 2 aromatic heterocycles. The Balaban J connectivity index is 1.43. The molecule has 26 heavy (non-hydrogen) atoms. The van der Waals surface area contributed by atoms with Crippen molar-refractivity contribution in [2.24, 2.45) is 5.92 Å². The first-order chi connectivity index (χ1) is 12.7. The molecule has 2 aliphatic heterocycles. The van der Waals surface area contributed by atoms with Gasteiger partial charge < -0.3 is 14.5 Å². The van der Waals surface area contributed by atoms with E-state index < -0.39 is 0 Å². The summed E-state index contributed by atoms with van der Waals surface area (Å²) in [5.41, 5.74) is 0. The zero-order valence-corrected chi connectivity index (χ0v) is 15.8. The van der Waals surface area contributed by atoms with Crippen molar-refractivity contribution in [3.63, 3.8) is 0 Å². The maximum absolute atomic E-state index is 12.5. The summed E-state index contributed by atoms with van der Waals surface area (Å²) in [7, 11) is 1.62. The van der Waals surface area contributed by atoms with Crippen molar-refractivity contribution >= 4 is 23.1 Å². The number of nitrogens with zero attached hydrogens (tertiary/aromatic N) is 4. The lowest BCUT2D eigenvalue weighted by molar-refractivity contribution is -0.139. The Kier molecular flexibility index (Phi) is 5.06. The van der Waals surface area contributed by atoms with Crippen LogP contribution in [0.1, 0.15) is 24.1 Å². The highest BCUT2D eigenvalue weighted by atomic mass is 32.1. The number of hydrogen-bond acceptors (Lipinski definition) is 6. The van der Waals surface area contributed by atoms with Crippen LogP contribution in [-0.4, -0.2) is 53.6 Å². The van der Waals surface area contributed by atoms with E-state index in [1.807, 2.05) is 6.07 Å². The van der Waals surface area contributed by atoms with Crippen LogP contribution in [0.2, 0.25) is 0 Å². The number of hydrogen-bond donors (Lipinski definition) is 0. The zero-order valence-electron chi connectivity index (χ0n) is 15.0. The van der Waals surface area contributed by atoms with Gasteiger partial charge in [-0.3, -0.25) is 4.79 Å². The molecule has 0 N–H and O–H groups in total. The predicted octanol–water partition coefficient (Wildman–Crippen LogP) is 2.61. The topological polar surface area (TPSA) is 58.6 Å². The van der Waals surface area contributed by atoms with Crippen LogP contribution in [0.15, 0.2) is 29.9 Å². The lowest BCUT2D eigenvalue weighted by Gasteiger charge is -2.47. The van der Waals surface area contributed by atoms with Gasteiger partial charge >= 0.3 is 0 Å². The van der Waals surface area contributed by atoms with Crippen LogP contribution >= 0.6 is 11.3 Å². The van der Waals surface area contributed by atoms with Gasteiger partial charge in [-0.25, -0.2) is 9.97 Å². The van der Waals surface area contributed by atoms with Gasteiger partial charge in [-0.2, -0.15) is 0 Å². The van der Waals surface area contributed by atoms with Gasteiger partial charge in [0.1, 0.15) is 12.1 Å². The number of likely N-dealkylation sites (tertiary alicyclic amines) is 1. The number of carbonyl (C=O) groups excluding carboxylic acids is 1. The van der Waals surface area contributed by atoms with Crippen LogP contribution in [0, 0.1) is 5.92 Å². The highest BCUT2D eigenvalue weighted by Crippen LogP contribution is 2.33. The molecule has 0 radical (unpaired) electrons. The van der Waals surface area contributed by atoms with E-state index in [2.05, 4.69) is 37.3 Å². The first kappa shape index (κ1) is 17.3. The van der Waals surface area contributed by atoms with Crippen molar-refractivity contribution in [1.82, 2.24) is 14.9 Å². The number of piperidine rings is 2. The van der Waals surface area contributed by atoms with E-state index in [1.54, 1.807) is 24.8 Å². The number of carbonyl (C=O) groups is 1. The Morgan fingerprint density at radius 2 is 2.27 bits per heavy atom. The smallest absolute Gasteiger partial charge is 0.222 e. The summed E-state index contributed by atoms with van der Waals surface area (Å²) >= 11 is 1.77. The molecule has 0 saturated carbocycles. The van der Waals surface area contributed by atoms with Crippen molar-refractivity contribution in [2.75, 3.05) is 31.6 Å². The van der Waals surface area contributed by atoms with Crippen LogP contribution in [0.25, 0.3) is 0 Å². The van der Waals surface area contributed by atoms with Gasteiger partial charge in [0.25, 0.3) is 0 Å². The van der Waals surface area contributed by atoms with Gasteiger partial charge in [0.2, 0.25) is 11.8 Å². The predicted molar refractivity (Wildman–Crippen MR) is 102 cm³/mol. The molecule has 4 rings (SSSR count). The van der Waals surface area contributed by atoms with Crippen LogP contribution < -0.4 is 9.64 Å². The molecule has 7 heteroatoms. The van der Waals surface area contributed by atoms with Gasteiger partial charge in [0, 0.05) is 43.0 Å².